The molecule has 14 atom stereocenters. The highest BCUT2D eigenvalue weighted by Gasteiger charge is 2.51. The van der Waals surface area contributed by atoms with Crippen molar-refractivity contribution in [1.29, 1.82) is 0 Å². The Hall–Kier alpha value is -2.96. The highest BCUT2D eigenvalue weighted by molar-refractivity contribution is 6.74. The van der Waals surface area contributed by atoms with E-state index < -0.39 is 56.2 Å². The van der Waals surface area contributed by atoms with Crippen molar-refractivity contribution in [3.8, 4) is 5.75 Å². The summed E-state index contributed by atoms with van der Waals surface area (Å²) in [5.74, 6) is -2.48. The average Bonchev–Trinajstić information content (AvgIpc) is 3.75. The van der Waals surface area contributed by atoms with Crippen molar-refractivity contribution in [1.82, 2.24) is 4.90 Å². The second-order valence-electron chi connectivity index (χ2n) is 23.7. The van der Waals surface area contributed by atoms with Crippen LogP contribution >= 0.6 is 0 Å². The Morgan fingerprint density at radius 1 is 0.877 bits per heavy atom. The maximum atomic E-state index is 14.9. The van der Waals surface area contributed by atoms with Crippen LogP contribution in [0.15, 0.2) is 54.6 Å². The van der Waals surface area contributed by atoms with Gasteiger partial charge < -0.3 is 52.2 Å². The fraction of sp³-hybridized carbons (Fsp3) is 0.759. The molecule has 0 aliphatic carbocycles. The zero-order valence-corrected chi connectivity index (χ0v) is 48.4. The Labute approximate surface area is 440 Å². The number of hydrogen-bond donors (Lipinski definition) is 1. The Morgan fingerprint density at radius 3 is 2.12 bits per heavy atom. The van der Waals surface area contributed by atoms with Crippen LogP contribution in [-0.2, 0) is 60.3 Å². The normalized spacial score (nSPS) is 26.1. The SMILES string of the molecule is COc1ccc(CO[C@@H](CCOCc2ccccc2)C[C@H](OC)[C@H](C)[C@@H]2C[C@H]([C@H](C)[C@H](O[Si](C)(C)C(C)(C)C)[C@@H](C)[C@@H](O)[C@H](CC[C@H]3C[C@H](OC)C[C@H](C)O3)C(=O)N3C(=O)OC[C@H]3C(C)C)OC(C)(C)O2)cc1. The number of nitrogens with zero attached hydrogens (tertiary/aromatic N) is 1. The maximum absolute atomic E-state index is 14.9. The molecule has 0 radical (unpaired) electrons. The lowest BCUT2D eigenvalue weighted by molar-refractivity contribution is -0.322. The van der Waals surface area contributed by atoms with Crippen molar-refractivity contribution in [2.75, 3.05) is 34.5 Å². The number of methoxy groups -OCH3 is 3. The molecule has 14 nitrogen and oxygen atoms in total. The third kappa shape index (κ3) is 17.0. The molecule has 2 aromatic carbocycles. The molecule has 414 valence electrons. The fourth-order valence-corrected chi connectivity index (χ4v) is 12.1. The van der Waals surface area contributed by atoms with Gasteiger partial charge in [-0.1, -0.05) is 97.9 Å². The average molecular weight is 1040 g/mol. The molecule has 73 heavy (non-hydrogen) atoms. The molecule has 1 N–H and O–H groups in total. The lowest BCUT2D eigenvalue weighted by atomic mass is 9.77. The monoisotopic (exact) mass is 1040 g/mol. The molecular weight excluding hydrogens is 947 g/mol. The van der Waals surface area contributed by atoms with Gasteiger partial charge in [0.25, 0.3) is 0 Å². The van der Waals surface area contributed by atoms with E-state index in [9.17, 15) is 14.7 Å². The second kappa shape index (κ2) is 27.4. The zero-order valence-electron chi connectivity index (χ0n) is 47.4. The summed E-state index contributed by atoms with van der Waals surface area (Å²) in [6.45, 7) is 28.9. The van der Waals surface area contributed by atoms with Gasteiger partial charge in [0.1, 0.15) is 12.4 Å². The van der Waals surface area contributed by atoms with Crippen LogP contribution in [0.3, 0.4) is 0 Å². The van der Waals surface area contributed by atoms with Gasteiger partial charge in [0, 0.05) is 51.4 Å². The molecule has 0 bridgehead atoms. The first-order chi connectivity index (χ1) is 34.4. The van der Waals surface area contributed by atoms with Crippen LogP contribution in [0.1, 0.15) is 132 Å². The largest absolute Gasteiger partial charge is 0.497 e. The third-order valence-corrected chi connectivity index (χ3v) is 20.8. The summed E-state index contributed by atoms with van der Waals surface area (Å²) >= 11 is 0. The smallest absolute Gasteiger partial charge is 0.416 e. The molecule has 3 fully saturated rings. The number of benzene rings is 2. The summed E-state index contributed by atoms with van der Waals surface area (Å²) in [6.07, 6.45) is 0.510. The summed E-state index contributed by atoms with van der Waals surface area (Å²) in [4.78, 5) is 29.6. The molecular formula is C58H95NO13Si. The Kier molecular flexibility index (Phi) is 22.8. The van der Waals surface area contributed by atoms with Gasteiger partial charge in [-0.3, -0.25) is 4.79 Å². The van der Waals surface area contributed by atoms with Crippen LogP contribution in [-0.4, -0.2) is 132 Å². The first kappa shape index (κ1) is 60.9. The highest BCUT2D eigenvalue weighted by Crippen LogP contribution is 2.44. The topological polar surface area (TPSA) is 150 Å². The summed E-state index contributed by atoms with van der Waals surface area (Å²) in [6, 6.07) is 17.7. The number of cyclic esters (lactones) is 1. The number of imide groups is 1. The number of aliphatic hydroxyl groups excluding tert-OH is 1. The first-order valence-corrected chi connectivity index (χ1v) is 30.1. The van der Waals surface area contributed by atoms with Gasteiger partial charge in [-0.05, 0) is 100 Å². The zero-order chi connectivity index (χ0) is 53.8. The quantitative estimate of drug-likeness (QED) is 0.0668. The van der Waals surface area contributed by atoms with Crippen molar-refractivity contribution >= 4 is 20.3 Å². The Balaban J connectivity index is 1.40. The molecule has 3 saturated heterocycles. The van der Waals surface area contributed by atoms with Crippen LogP contribution < -0.4 is 4.74 Å². The van der Waals surface area contributed by atoms with Crippen LogP contribution in [0, 0.1) is 29.6 Å². The van der Waals surface area contributed by atoms with E-state index in [0.717, 1.165) is 23.3 Å². The van der Waals surface area contributed by atoms with Gasteiger partial charge in [0.05, 0.1) is 87.2 Å². The molecule has 0 aromatic heterocycles. The van der Waals surface area contributed by atoms with E-state index in [1.54, 1.807) is 21.3 Å². The molecule has 3 aliphatic rings. The van der Waals surface area contributed by atoms with Gasteiger partial charge >= 0.3 is 6.09 Å². The van der Waals surface area contributed by atoms with E-state index in [1.807, 2.05) is 84.0 Å². The minimum absolute atomic E-state index is 0.0112. The maximum Gasteiger partial charge on any atom is 0.416 e. The predicted octanol–water partition coefficient (Wildman–Crippen LogP) is 11.1. The predicted molar refractivity (Wildman–Crippen MR) is 286 cm³/mol. The fourth-order valence-electron chi connectivity index (χ4n) is 10.7. The molecule has 2 amide bonds. The standard InChI is InChI=1S/C58H95NO13Si/c1-37(2)49-36-68-56(62)59(49)55(61)48(27-26-46-31-47(64-13)30-38(3)69-46)53(60)41(6)54(72-73(15,16)57(7,8)9)40(5)52-33-51(70-58(10,11)71-52)39(4)50(65-14)32-45(28-29-66-34-42-20-18-17-19-21-42)67-35-43-22-24-44(63-12)25-23-43/h17-25,37-41,45-54,60H,26-36H2,1-16H3/t38-,39-,40-,41-,45-,46-,47+,48-,49-,50-,51-,52+,53+,54-/m0/s1. The van der Waals surface area contributed by atoms with Gasteiger partial charge in [0.15, 0.2) is 14.1 Å². The lowest BCUT2D eigenvalue weighted by Gasteiger charge is -2.50. The molecule has 3 heterocycles. The molecule has 0 unspecified atom stereocenters. The minimum Gasteiger partial charge on any atom is -0.497 e. The molecule has 15 heteroatoms. The van der Waals surface area contributed by atoms with Crippen molar-refractivity contribution in [2.45, 2.75) is 219 Å². The van der Waals surface area contributed by atoms with E-state index in [0.29, 0.717) is 58.3 Å². The Bertz CT molecular complexity index is 1960. The number of rotatable bonds is 27. The Morgan fingerprint density at radius 2 is 1.52 bits per heavy atom. The summed E-state index contributed by atoms with van der Waals surface area (Å²) in [5.41, 5.74) is 2.16. The van der Waals surface area contributed by atoms with Crippen LogP contribution in [0.25, 0.3) is 0 Å². The number of ether oxygens (including phenoxy) is 9. The van der Waals surface area contributed by atoms with Gasteiger partial charge in [-0.15, -0.1) is 0 Å². The van der Waals surface area contributed by atoms with Crippen molar-refractivity contribution in [2.24, 2.45) is 29.6 Å². The van der Waals surface area contributed by atoms with E-state index in [-0.39, 0.29) is 72.1 Å². The number of hydrogen-bond acceptors (Lipinski definition) is 13. The number of carbonyl (C=O) groups excluding carboxylic acids is 2. The van der Waals surface area contributed by atoms with E-state index in [2.05, 4.69) is 59.8 Å². The van der Waals surface area contributed by atoms with Gasteiger partial charge in [-0.25, -0.2) is 9.69 Å². The number of carbonyl (C=O) groups is 2. The summed E-state index contributed by atoms with van der Waals surface area (Å²) in [5, 5.41) is 12.7. The number of amides is 2. The van der Waals surface area contributed by atoms with Crippen molar-refractivity contribution in [3.05, 3.63) is 65.7 Å². The third-order valence-electron chi connectivity index (χ3n) is 16.4. The summed E-state index contributed by atoms with van der Waals surface area (Å²) in [7, 11) is 2.60. The first-order valence-electron chi connectivity index (χ1n) is 27.2. The molecule has 0 spiro atoms. The number of aliphatic hydroxyl groups is 1. The van der Waals surface area contributed by atoms with Crippen LogP contribution in [0.4, 0.5) is 4.79 Å². The van der Waals surface area contributed by atoms with Crippen LogP contribution in [0.5, 0.6) is 5.75 Å². The van der Waals surface area contributed by atoms with E-state index in [1.165, 1.54) is 4.90 Å². The van der Waals surface area contributed by atoms with Crippen LogP contribution in [0.2, 0.25) is 18.1 Å². The van der Waals surface area contributed by atoms with E-state index in [4.69, 9.17) is 47.1 Å². The molecule has 5 rings (SSSR count). The molecule has 2 aromatic rings. The van der Waals surface area contributed by atoms with Gasteiger partial charge in [-0.2, -0.15) is 0 Å². The van der Waals surface area contributed by atoms with E-state index >= 15 is 0 Å². The highest BCUT2D eigenvalue weighted by atomic mass is 28.4. The minimum atomic E-state index is -2.53. The lowest BCUT2D eigenvalue weighted by Crippen LogP contribution is -2.57. The van der Waals surface area contributed by atoms with Crippen molar-refractivity contribution < 1.29 is 61.8 Å². The summed E-state index contributed by atoms with van der Waals surface area (Å²) < 4.78 is 63.4. The molecule has 0 saturated carbocycles. The second-order valence-corrected chi connectivity index (χ2v) is 28.4. The van der Waals surface area contributed by atoms with Crippen molar-refractivity contribution in [3.63, 3.8) is 0 Å². The van der Waals surface area contributed by atoms with Gasteiger partial charge in [0.2, 0.25) is 5.91 Å². The molecule has 3 aliphatic heterocycles.